The minimum atomic E-state index is -0.501. The van der Waals surface area contributed by atoms with Crippen molar-refractivity contribution < 1.29 is 9.53 Å². The minimum Gasteiger partial charge on any atom is -0.461 e. The molecule has 3 aromatic rings. The predicted molar refractivity (Wildman–Crippen MR) is 91.2 cm³/mol. The Morgan fingerprint density at radius 3 is 2.79 bits per heavy atom. The van der Waals surface area contributed by atoms with E-state index in [2.05, 4.69) is 15.2 Å². The highest BCUT2D eigenvalue weighted by Gasteiger charge is 2.21. The molecule has 24 heavy (non-hydrogen) atoms. The molecule has 0 fully saturated rings. The summed E-state index contributed by atoms with van der Waals surface area (Å²) >= 11 is 0. The van der Waals surface area contributed by atoms with E-state index in [0.29, 0.717) is 17.2 Å². The number of rotatable bonds is 4. The lowest BCUT2D eigenvalue weighted by Gasteiger charge is -2.00. The fourth-order valence-corrected chi connectivity index (χ4v) is 2.42. The van der Waals surface area contributed by atoms with Crippen LogP contribution in [0.25, 0.3) is 5.65 Å². The van der Waals surface area contributed by atoms with Crippen LogP contribution in [-0.2, 0) is 4.74 Å². The zero-order chi connectivity index (χ0) is 17.1. The maximum absolute atomic E-state index is 12.2. The summed E-state index contributed by atoms with van der Waals surface area (Å²) in [6.45, 7) is 5.95. The Morgan fingerprint density at radius 2 is 2.04 bits per heavy atom. The van der Waals surface area contributed by atoms with Crippen LogP contribution in [0.1, 0.15) is 28.5 Å². The number of fused-ring (bicyclic) bond motifs is 1. The summed E-state index contributed by atoms with van der Waals surface area (Å²) in [5.74, 6) is -0.132. The molecule has 6 heteroatoms. The number of azo groups is 1. The molecule has 0 N–H and O–H groups in total. The van der Waals surface area contributed by atoms with E-state index in [1.807, 2.05) is 56.4 Å². The Labute approximate surface area is 139 Å². The van der Waals surface area contributed by atoms with Crippen molar-refractivity contribution in [3.63, 3.8) is 0 Å². The average molecular weight is 322 g/mol. The first kappa shape index (κ1) is 15.9. The number of hydrogen-bond acceptors (Lipinski definition) is 5. The molecule has 2 heterocycles. The summed E-state index contributed by atoms with van der Waals surface area (Å²) in [5.41, 5.74) is 3.58. The van der Waals surface area contributed by atoms with Gasteiger partial charge in [0.05, 0.1) is 12.3 Å². The number of esters is 1. The summed E-state index contributed by atoms with van der Waals surface area (Å²) in [5, 5.41) is 8.52. The molecule has 0 aliphatic carbocycles. The lowest BCUT2D eigenvalue weighted by molar-refractivity contribution is 0.0521. The Morgan fingerprint density at radius 1 is 1.21 bits per heavy atom. The van der Waals surface area contributed by atoms with E-state index in [9.17, 15) is 4.79 Å². The molecule has 0 saturated heterocycles. The van der Waals surface area contributed by atoms with E-state index >= 15 is 0 Å². The second-order valence-electron chi connectivity index (χ2n) is 5.43. The molecule has 2 aromatic heterocycles. The Kier molecular flexibility index (Phi) is 4.37. The maximum atomic E-state index is 12.2. The van der Waals surface area contributed by atoms with Crippen molar-refractivity contribution in [2.75, 3.05) is 6.61 Å². The Bertz CT molecular complexity index is 928. The van der Waals surface area contributed by atoms with Crippen molar-refractivity contribution in [3.8, 4) is 0 Å². The molecule has 0 unspecified atom stereocenters. The molecular weight excluding hydrogens is 304 g/mol. The van der Waals surface area contributed by atoms with Crippen molar-refractivity contribution in [1.29, 1.82) is 0 Å². The summed E-state index contributed by atoms with van der Waals surface area (Å²) in [6, 6.07) is 11.5. The van der Waals surface area contributed by atoms with Gasteiger partial charge in [-0.15, -0.1) is 10.2 Å². The van der Waals surface area contributed by atoms with Gasteiger partial charge in [-0.1, -0.05) is 18.2 Å². The van der Waals surface area contributed by atoms with Gasteiger partial charge in [-0.3, -0.25) is 4.40 Å². The van der Waals surface area contributed by atoms with Crippen molar-refractivity contribution in [2.24, 2.45) is 10.2 Å². The molecule has 122 valence electrons. The highest BCUT2D eigenvalue weighted by Crippen LogP contribution is 2.26. The molecule has 0 spiro atoms. The van der Waals surface area contributed by atoms with Gasteiger partial charge in [-0.05, 0) is 50.1 Å². The summed E-state index contributed by atoms with van der Waals surface area (Å²) in [7, 11) is 0. The van der Waals surface area contributed by atoms with Crippen molar-refractivity contribution in [1.82, 2.24) is 9.38 Å². The second kappa shape index (κ2) is 6.62. The molecule has 0 bridgehead atoms. The van der Waals surface area contributed by atoms with E-state index in [1.54, 1.807) is 11.3 Å². The number of carbonyl (C=O) groups excluding carboxylic acids is 1. The number of carbonyl (C=O) groups is 1. The number of ether oxygens (including phenoxy) is 1. The number of imidazole rings is 1. The van der Waals surface area contributed by atoms with Crippen LogP contribution in [0.2, 0.25) is 0 Å². The fraction of sp³-hybridized carbons (Fsp3) is 0.222. The van der Waals surface area contributed by atoms with Crippen LogP contribution >= 0.6 is 0 Å². The van der Waals surface area contributed by atoms with Gasteiger partial charge in [0.15, 0.2) is 11.5 Å². The molecule has 0 saturated carbocycles. The number of pyridine rings is 1. The first-order valence-corrected chi connectivity index (χ1v) is 7.73. The lowest BCUT2D eigenvalue weighted by Crippen LogP contribution is -2.05. The van der Waals surface area contributed by atoms with Gasteiger partial charge in [0.1, 0.15) is 5.65 Å². The van der Waals surface area contributed by atoms with Crippen LogP contribution in [0.15, 0.2) is 52.8 Å². The highest BCUT2D eigenvalue weighted by molar-refractivity contribution is 5.93. The molecule has 0 aliphatic heterocycles. The molecule has 0 radical (unpaired) electrons. The Balaban J connectivity index is 2.12. The van der Waals surface area contributed by atoms with Crippen molar-refractivity contribution >= 4 is 23.1 Å². The smallest absolute Gasteiger partial charge is 0.360 e. The predicted octanol–water partition coefficient (Wildman–Crippen LogP) is 4.54. The standard InChI is InChI=1S/C18H18N4O2/c1-4-24-18(23)15-17(21-20-14-9-5-7-12(2)11-14)22-10-6-8-13(3)16(22)19-15/h5-11H,4H2,1-3H3. The molecular formula is C18H18N4O2. The number of benzene rings is 1. The monoisotopic (exact) mass is 322 g/mol. The van der Waals surface area contributed by atoms with E-state index in [0.717, 1.165) is 11.1 Å². The van der Waals surface area contributed by atoms with Gasteiger partial charge < -0.3 is 4.74 Å². The van der Waals surface area contributed by atoms with Gasteiger partial charge in [0.25, 0.3) is 0 Å². The maximum Gasteiger partial charge on any atom is 0.360 e. The van der Waals surface area contributed by atoms with Crippen LogP contribution in [0.4, 0.5) is 11.5 Å². The third kappa shape index (κ3) is 3.03. The quantitative estimate of drug-likeness (QED) is 0.523. The van der Waals surface area contributed by atoms with Gasteiger partial charge in [0.2, 0.25) is 0 Å². The molecule has 6 nitrogen and oxygen atoms in total. The molecule has 1 aromatic carbocycles. The first-order valence-electron chi connectivity index (χ1n) is 7.73. The minimum absolute atomic E-state index is 0.169. The number of aryl methyl sites for hydroxylation is 2. The highest BCUT2D eigenvalue weighted by atomic mass is 16.5. The van der Waals surface area contributed by atoms with Gasteiger partial charge in [-0.25, -0.2) is 9.78 Å². The average Bonchev–Trinajstić information content (AvgIpc) is 2.93. The van der Waals surface area contributed by atoms with Gasteiger partial charge >= 0.3 is 5.97 Å². The van der Waals surface area contributed by atoms with Crippen molar-refractivity contribution in [2.45, 2.75) is 20.8 Å². The molecule has 0 atom stereocenters. The summed E-state index contributed by atoms with van der Waals surface area (Å²) in [6.07, 6.45) is 1.81. The molecule has 0 amide bonds. The van der Waals surface area contributed by atoms with E-state index in [1.165, 1.54) is 0 Å². The van der Waals surface area contributed by atoms with E-state index in [-0.39, 0.29) is 12.3 Å². The van der Waals surface area contributed by atoms with Crippen LogP contribution < -0.4 is 0 Å². The Hall–Kier alpha value is -3.02. The summed E-state index contributed by atoms with van der Waals surface area (Å²) < 4.78 is 6.84. The van der Waals surface area contributed by atoms with Crippen LogP contribution in [0.3, 0.4) is 0 Å². The number of nitrogens with zero attached hydrogens (tertiary/aromatic N) is 4. The van der Waals surface area contributed by atoms with Crippen LogP contribution in [0, 0.1) is 13.8 Å². The van der Waals surface area contributed by atoms with Crippen LogP contribution in [0.5, 0.6) is 0 Å². The zero-order valence-electron chi connectivity index (χ0n) is 13.9. The normalized spacial score (nSPS) is 11.3. The molecule has 3 rings (SSSR count). The summed E-state index contributed by atoms with van der Waals surface area (Å²) in [4.78, 5) is 16.6. The number of aromatic nitrogens is 2. The SMILES string of the molecule is CCOC(=O)c1nc2c(C)cccn2c1N=Nc1cccc(C)c1. The fourth-order valence-electron chi connectivity index (χ4n) is 2.42. The van der Waals surface area contributed by atoms with Crippen LogP contribution in [-0.4, -0.2) is 22.0 Å². The molecule has 0 aliphatic rings. The van der Waals surface area contributed by atoms with E-state index in [4.69, 9.17) is 4.74 Å². The van der Waals surface area contributed by atoms with Gasteiger partial charge in [0, 0.05) is 6.20 Å². The zero-order valence-corrected chi connectivity index (χ0v) is 13.9. The number of hydrogen-bond donors (Lipinski definition) is 0. The third-order valence-electron chi connectivity index (χ3n) is 3.55. The topological polar surface area (TPSA) is 68.3 Å². The second-order valence-corrected chi connectivity index (χ2v) is 5.43. The largest absolute Gasteiger partial charge is 0.461 e. The lowest BCUT2D eigenvalue weighted by atomic mass is 10.2. The van der Waals surface area contributed by atoms with E-state index < -0.39 is 5.97 Å². The van der Waals surface area contributed by atoms with Gasteiger partial charge in [-0.2, -0.15) is 0 Å². The first-order chi connectivity index (χ1) is 11.6. The van der Waals surface area contributed by atoms with Crippen molar-refractivity contribution in [3.05, 3.63) is 59.4 Å². The third-order valence-corrected chi connectivity index (χ3v) is 3.55.